The Morgan fingerprint density at radius 2 is 1.90 bits per heavy atom. The summed E-state index contributed by atoms with van der Waals surface area (Å²) in [5.41, 5.74) is 1.99. The predicted molar refractivity (Wildman–Crippen MR) is 120 cm³/mol. The lowest BCUT2D eigenvalue weighted by molar-refractivity contribution is 0.304. The lowest BCUT2D eigenvalue weighted by Crippen LogP contribution is -2.10. The molecule has 0 radical (unpaired) electrons. The van der Waals surface area contributed by atoms with Crippen molar-refractivity contribution < 1.29 is 4.74 Å². The van der Waals surface area contributed by atoms with Crippen molar-refractivity contribution in [3.8, 4) is 5.75 Å². The van der Waals surface area contributed by atoms with Gasteiger partial charge in [-0.15, -0.1) is 0 Å². The van der Waals surface area contributed by atoms with E-state index in [1.54, 1.807) is 10.7 Å². The molecule has 0 aliphatic rings. The minimum Gasteiger partial charge on any atom is -0.489 e. The fourth-order valence-electron chi connectivity index (χ4n) is 3.29. The zero-order chi connectivity index (χ0) is 20.9. The molecule has 0 bridgehead atoms. The molecule has 1 N–H and O–H groups in total. The monoisotopic (exact) mass is 441 g/mol. The summed E-state index contributed by atoms with van der Waals surface area (Å²) >= 11 is 12.1. The highest BCUT2D eigenvalue weighted by Gasteiger charge is 2.12. The summed E-state index contributed by atoms with van der Waals surface area (Å²) in [6.07, 6.45) is 0.950. The first-order valence-electron chi connectivity index (χ1n) is 9.73. The van der Waals surface area contributed by atoms with E-state index in [1.165, 1.54) is 0 Å². The Morgan fingerprint density at radius 1 is 1.03 bits per heavy atom. The minimum absolute atomic E-state index is 0.385. The molecule has 0 unspecified atom stereocenters. The van der Waals surface area contributed by atoms with Crippen LogP contribution in [0.1, 0.15) is 24.5 Å². The van der Waals surface area contributed by atoms with Gasteiger partial charge in [-0.2, -0.15) is 0 Å². The number of aryl methyl sites for hydroxylation is 1. The van der Waals surface area contributed by atoms with Gasteiger partial charge >= 0.3 is 0 Å². The molecule has 6 nitrogen and oxygen atoms in total. The number of benzene rings is 3. The number of nitrogens with zero attached hydrogens (tertiary/aromatic N) is 4. The molecule has 0 amide bonds. The van der Waals surface area contributed by atoms with E-state index < -0.39 is 0 Å². The fourth-order valence-corrected chi connectivity index (χ4v) is 3.61. The molecule has 1 heterocycles. The largest absolute Gasteiger partial charge is 0.489 e. The Hall–Kier alpha value is -2.83. The summed E-state index contributed by atoms with van der Waals surface area (Å²) in [7, 11) is 0. The van der Waals surface area contributed by atoms with Gasteiger partial charge < -0.3 is 10.1 Å². The van der Waals surface area contributed by atoms with Gasteiger partial charge in [0.05, 0.1) is 10.0 Å². The topological polar surface area (TPSA) is 64.9 Å². The first kappa shape index (κ1) is 20.4. The third kappa shape index (κ3) is 4.50. The number of aromatic nitrogens is 4. The molecule has 0 saturated carbocycles. The van der Waals surface area contributed by atoms with Gasteiger partial charge in [0.2, 0.25) is 5.95 Å². The number of fused-ring (bicyclic) bond motifs is 1. The number of hydrogen-bond acceptors (Lipinski definition) is 5. The number of rotatable bonds is 8. The molecule has 3 aromatic carbocycles. The van der Waals surface area contributed by atoms with Crippen LogP contribution >= 0.6 is 23.2 Å². The standard InChI is InChI=1S/C22H21Cl2N5O/c1-2-11-29-22(26-27-28-29)25-13-18-17-6-4-3-5-16(17)8-10-21(18)30-14-15-7-9-19(23)20(24)12-15/h3-10,12H,2,11,13-14H2,1H3,(H,25,26,28). The third-order valence-corrected chi connectivity index (χ3v) is 5.51. The van der Waals surface area contributed by atoms with Crippen LogP contribution in [0.15, 0.2) is 54.6 Å². The molecule has 0 atom stereocenters. The van der Waals surface area contributed by atoms with Crippen molar-refractivity contribution in [3.05, 3.63) is 75.8 Å². The van der Waals surface area contributed by atoms with E-state index in [2.05, 4.69) is 46.0 Å². The lowest BCUT2D eigenvalue weighted by atomic mass is 10.0. The Bertz CT molecular complexity index is 1160. The number of anilines is 1. The van der Waals surface area contributed by atoms with E-state index in [0.29, 0.717) is 29.1 Å². The summed E-state index contributed by atoms with van der Waals surface area (Å²) in [5.74, 6) is 1.43. The molecule has 0 aliphatic heterocycles. The maximum absolute atomic E-state index is 6.17. The van der Waals surface area contributed by atoms with E-state index in [4.69, 9.17) is 27.9 Å². The van der Waals surface area contributed by atoms with Crippen molar-refractivity contribution in [1.82, 2.24) is 20.2 Å². The van der Waals surface area contributed by atoms with Crippen molar-refractivity contribution in [2.45, 2.75) is 33.0 Å². The Labute approximate surface area is 184 Å². The maximum Gasteiger partial charge on any atom is 0.243 e. The van der Waals surface area contributed by atoms with E-state index in [-0.39, 0.29) is 0 Å². The van der Waals surface area contributed by atoms with Crippen LogP contribution in [0.3, 0.4) is 0 Å². The second-order valence-corrected chi connectivity index (χ2v) is 7.69. The van der Waals surface area contributed by atoms with Crippen LogP contribution in [-0.2, 0) is 19.7 Å². The first-order chi connectivity index (χ1) is 14.7. The predicted octanol–water partition coefficient (Wildman–Crippen LogP) is 5.73. The summed E-state index contributed by atoms with van der Waals surface area (Å²) in [4.78, 5) is 0. The van der Waals surface area contributed by atoms with Gasteiger partial charge in [0, 0.05) is 18.7 Å². The minimum atomic E-state index is 0.385. The SMILES string of the molecule is CCCn1nnnc1NCc1c(OCc2ccc(Cl)c(Cl)c2)ccc2ccccc12. The highest BCUT2D eigenvalue weighted by molar-refractivity contribution is 6.42. The summed E-state index contributed by atoms with van der Waals surface area (Å²) < 4.78 is 7.94. The molecule has 1 aromatic heterocycles. The Kier molecular flexibility index (Phi) is 6.35. The van der Waals surface area contributed by atoms with Crippen molar-refractivity contribution >= 4 is 39.9 Å². The Morgan fingerprint density at radius 3 is 2.73 bits per heavy atom. The van der Waals surface area contributed by atoms with Gasteiger partial charge in [-0.05, 0) is 51.4 Å². The van der Waals surface area contributed by atoms with Gasteiger partial charge in [-0.1, -0.05) is 71.6 Å². The smallest absolute Gasteiger partial charge is 0.243 e. The summed E-state index contributed by atoms with van der Waals surface area (Å²) in [6, 6.07) is 17.8. The van der Waals surface area contributed by atoms with E-state index in [0.717, 1.165) is 40.6 Å². The van der Waals surface area contributed by atoms with E-state index >= 15 is 0 Å². The molecule has 30 heavy (non-hydrogen) atoms. The fraction of sp³-hybridized carbons (Fsp3) is 0.227. The number of nitrogens with one attached hydrogen (secondary N) is 1. The van der Waals surface area contributed by atoms with Crippen LogP contribution in [0, 0.1) is 0 Å². The molecule has 4 rings (SSSR count). The average Bonchev–Trinajstić information content (AvgIpc) is 3.20. The van der Waals surface area contributed by atoms with Crippen molar-refractivity contribution in [1.29, 1.82) is 0 Å². The zero-order valence-corrected chi connectivity index (χ0v) is 18.0. The van der Waals surface area contributed by atoms with Crippen molar-refractivity contribution in [2.24, 2.45) is 0 Å². The van der Waals surface area contributed by atoms with Crippen molar-refractivity contribution in [2.75, 3.05) is 5.32 Å². The molecule has 154 valence electrons. The first-order valence-corrected chi connectivity index (χ1v) is 10.5. The maximum atomic E-state index is 6.17. The molecule has 4 aromatic rings. The second kappa shape index (κ2) is 9.32. The van der Waals surface area contributed by atoms with Crippen LogP contribution < -0.4 is 10.1 Å². The van der Waals surface area contributed by atoms with Gasteiger partial charge in [0.1, 0.15) is 12.4 Å². The zero-order valence-electron chi connectivity index (χ0n) is 16.5. The number of ether oxygens (including phenoxy) is 1. The normalized spacial score (nSPS) is 11.0. The third-order valence-electron chi connectivity index (χ3n) is 4.77. The van der Waals surface area contributed by atoms with E-state index in [1.807, 2.05) is 30.3 Å². The molecule has 8 heteroatoms. The Balaban J connectivity index is 1.60. The quantitative estimate of drug-likeness (QED) is 0.377. The van der Waals surface area contributed by atoms with E-state index in [9.17, 15) is 0 Å². The van der Waals surface area contributed by atoms with Gasteiger partial charge in [0.25, 0.3) is 0 Å². The number of halogens is 2. The molecule has 0 saturated heterocycles. The van der Waals surface area contributed by atoms with Crippen LogP contribution in [-0.4, -0.2) is 20.2 Å². The van der Waals surface area contributed by atoms with Crippen molar-refractivity contribution in [3.63, 3.8) is 0 Å². The number of hydrogen-bond donors (Lipinski definition) is 1. The van der Waals surface area contributed by atoms with Crippen LogP contribution in [0.4, 0.5) is 5.95 Å². The second-order valence-electron chi connectivity index (χ2n) is 6.88. The molecule has 0 aliphatic carbocycles. The lowest BCUT2D eigenvalue weighted by Gasteiger charge is -2.15. The average molecular weight is 442 g/mol. The van der Waals surface area contributed by atoms with Gasteiger partial charge in [-0.3, -0.25) is 0 Å². The molecule has 0 fully saturated rings. The summed E-state index contributed by atoms with van der Waals surface area (Å²) in [6.45, 7) is 3.76. The van der Waals surface area contributed by atoms with Gasteiger partial charge in [-0.25, -0.2) is 4.68 Å². The van der Waals surface area contributed by atoms with Gasteiger partial charge in [0.15, 0.2) is 0 Å². The van der Waals surface area contributed by atoms with Crippen LogP contribution in [0.25, 0.3) is 10.8 Å². The van der Waals surface area contributed by atoms with Crippen LogP contribution in [0.2, 0.25) is 10.0 Å². The summed E-state index contributed by atoms with van der Waals surface area (Å²) in [5, 5.41) is 18.6. The molecular weight excluding hydrogens is 421 g/mol. The molecule has 0 spiro atoms. The highest BCUT2D eigenvalue weighted by atomic mass is 35.5. The number of tetrazole rings is 1. The molecular formula is C22H21Cl2N5O. The van der Waals surface area contributed by atoms with Crippen LogP contribution in [0.5, 0.6) is 5.75 Å². The highest BCUT2D eigenvalue weighted by Crippen LogP contribution is 2.30.